The maximum absolute atomic E-state index is 12.4. The van der Waals surface area contributed by atoms with Crippen LogP contribution in [0, 0.1) is 0 Å². The molecule has 0 aromatic carbocycles. The number of carbonyl (C=O) groups is 2. The number of hydrogen-bond donors (Lipinski definition) is 1. The number of piperidine rings is 1. The number of aryl methyl sites for hydroxylation is 1. The molecule has 1 amide bonds. The fourth-order valence-electron chi connectivity index (χ4n) is 3.64. The number of thiophene rings is 1. The molecule has 0 radical (unpaired) electrons. The van der Waals surface area contributed by atoms with Gasteiger partial charge in [0.25, 0.3) is 0 Å². The zero-order chi connectivity index (χ0) is 16.9. The summed E-state index contributed by atoms with van der Waals surface area (Å²) in [6.45, 7) is 2.37. The molecule has 2 heterocycles. The van der Waals surface area contributed by atoms with Gasteiger partial charge < -0.3 is 10.1 Å². The van der Waals surface area contributed by atoms with Crippen molar-refractivity contribution in [2.24, 2.45) is 0 Å². The van der Waals surface area contributed by atoms with E-state index in [-0.39, 0.29) is 11.9 Å². The Morgan fingerprint density at radius 2 is 1.79 bits per heavy atom. The van der Waals surface area contributed by atoms with E-state index in [1.54, 1.807) is 11.3 Å². The third-order valence-corrected chi connectivity index (χ3v) is 6.09. The molecule has 0 unspecified atom stereocenters. The van der Waals surface area contributed by atoms with E-state index in [0.717, 1.165) is 57.2 Å². The van der Waals surface area contributed by atoms with E-state index in [1.165, 1.54) is 24.8 Å². The first-order valence-corrected chi connectivity index (χ1v) is 9.75. The number of fused-ring (bicyclic) bond motifs is 1. The van der Waals surface area contributed by atoms with Gasteiger partial charge in [0, 0.05) is 4.88 Å². The molecule has 1 N–H and O–H groups in total. The number of anilines is 1. The molecule has 1 aromatic rings. The van der Waals surface area contributed by atoms with Gasteiger partial charge in [0.05, 0.1) is 19.2 Å². The van der Waals surface area contributed by atoms with E-state index in [2.05, 4.69) is 10.2 Å². The van der Waals surface area contributed by atoms with Crippen LogP contribution in [0.5, 0.6) is 0 Å². The highest BCUT2D eigenvalue weighted by molar-refractivity contribution is 7.17. The summed E-state index contributed by atoms with van der Waals surface area (Å²) in [4.78, 5) is 28.1. The second kappa shape index (κ2) is 8.12. The first kappa shape index (κ1) is 17.4. The van der Waals surface area contributed by atoms with Gasteiger partial charge in [-0.2, -0.15) is 0 Å². The lowest BCUT2D eigenvalue weighted by atomic mass is 10.1. The van der Waals surface area contributed by atoms with Crippen molar-refractivity contribution in [2.75, 3.05) is 32.1 Å². The number of nitrogens with zero attached hydrogens (tertiary/aromatic N) is 1. The first-order chi connectivity index (χ1) is 11.7. The summed E-state index contributed by atoms with van der Waals surface area (Å²) < 4.78 is 4.98. The largest absolute Gasteiger partial charge is 0.465 e. The maximum Gasteiger partial charge on any atom is 0.341 e. The number of rotatable bonds is 4. The van der Waals surface area contributed by atoms with Crippen molar-refractivity contribution < 1.29 is 14.3 Å². The van der Waals surface area contributed by atoms with Crippen molar-refractivity contribution in [3.63, 3.8) is 0 Å². The van der Waals surface area contributed by atoms with Crippen molar-refractivity contribution in [2.45, 2.75) is 51.4 Å². The van der Waals surface area contributed by atoms with Gasteiger partial charge >= 0.3 is 5.97 Å². The van der Waals surface area contributed by atoms with Gasteiger partial charge in [0.2, 0.25) is 5.91 Å². The number of esters is 1. The molecule has 6 heteroatoms. The van der Waals surface area contributed by atoms with E-state index in [0.29, 0.717) is 17.1 Å². The summed E-state index contributed by atoms with van der Waals surface area (Å²) in [5, 5.41) is 3.66. The van der Waals surface area contributed by atoms with Crippen molar-refractivity contribution >= 4 is 28.2 Å². The second-order valence-electron chi connectivity index (χ2n) is 6.65. The van der Waals surface area contributed by atoms with Gasteiger partial charge in [-0.05, 0) is 57.2 Å². The van der Waals surface area contributed by atoms with Crippen molar-refractivity contribution in [1.29, 1.82) is 0 Å². The van der Waals surface area contributed by atoms with Crippen molar-refractivity contribution in [1.82, 2.24) is 4.90 Å². The molecule has 132 valence electrons. The lowest BCUT2D eigenvalue weighted by Gasteiger charge is -2.25. The Morgan fingerprint density at radius 3 is 2.54 bits per heavy atom. The molecule has 0 bridgehead atoms. The quantitative estimate of drug-likeness (QED) is 0.669. The van der Waals surface area contributed by atoms with Gasteiger partial charge in [0.1, 0.15) is 5.00 Å². The summed E-state index contributed by atoms with van der Waals surface area (Å²) in [5.74, 6) is -0.360. The van der Waals surface area contributed by atoms with Crippen LogP contribution < -0.4 is 5.32 Å². The predicted molar refractivity (Wildman–Crippen MR) is 95.8 cm³/mol. The molecular formula is C18H26N2O3S. The average molecular weight is 350 g/mol. The predicted octanol–water partition coefficient (Wildman–Crippen LogP) is 3.23. The molecule has 2 aliphatic rings. The minimum absolute atomic E-state index is 0.0292. The second-order valence-corrected chi connectivity index (χ2v) is 7.75. The summed E-state index contributed by atoms with van der Waals surface area (Å²) in [6.07, 6.45) is 8.90. The van der Waals surface area contributed by atoms with E-state index in [1.807, 2.05) is 0 Å². The lowest BCUT2D eigenvalue weighted by molar-refractivity contribution is -0.117. The van der Waals surface area contributed by atoms with E-state index >= 15 is 0 Å². The molecule has 0 atom stereocenters. The number of ether oxygens (including phenoxy) is 1. The zero-order valence-corrected chi connectivity index (χ0v) is 15.2. The summed E-state index contributed by atoms with van der Waals surface area (Å²) >= 11 is 1.56. The van der Waals surface area contributed by atoms with Crippen LogP contribution in [-0.4, -0.2) is 43.5 Å². The van der Waals surface area contributed by atoms with Gasteiger partial charge in [-0.25, -0.2) is 4.79 Å². The minimum Gasteiger partial charge on any atom is -0.465 e. The highest BCUT2D eigenvalue weighted by Crippen LogP contribution is 2.37. The first-order valence-electron chi connectivity index (χ1n) is 8.94. The Bertz CT molecular complexity index is 606. The fourth-order valence-corrected chi connectivity index (χ4v) is 4.93. The smallest absolute Gasteiger partial charge is 0.341 e. The molecule has 3 rings (SSSR count). The Balaban J connectivity index is 1.76. The normalized spacial score (nSPS) is 18.5. The highest BCUT2D eigenvalue weighted by Gasteiger charge is 2.26. The molecule has 1 aromatic heterocycles. The minimum atomic E-state index is -0.331. The number of likely N-dealkylation sites (tertiary alicyclic amines) is 1. The molecule has 1 fully saturated rings. The molecule has 1 aliphatic heterocycles. The number of hydrogen-bond acceptors (Lipinski definition) is 5. The molecule has 5 nitrogen and oxygen atoms in total. The molecule has 24 heavy (non-hydrogen) atoms. The Kier molecular flexibility index (Phi) is 5.89. The van der Waals surface area contributed by atoms with E-state index < -0.39 is 0 Å². The standard InChI is InChI=1S/C18H26N2O3S/c1-23-18(22)16-13-8-4-2-5-9-14(13)24-17(16)19-15(21)12-20-10-6-3-7-11-20/h2-12H2,1H3,(H,19,21). The van der Waals surface area contributed by atoms with Gasteiger partial charge in [-0.15, -0.1) is 11.3 Å². The SMILES string of the molecule is COC(=O)c1c(NC(=O)CN2CCCCC2)sc2c1CCCCC2. The topological polar surface area (TPSA) is 58.6 Å². The average Bonchev–Trinajstić information content (AvgIpc) is 2.76. The summed E-state index contributed by atoms with van der Waals surface area (Å²) in [6, 6.07) is 0. The Hall–Kier alpha value is -1.40. The Morgan fingerprint density at radius 1 is 1.08 bits per heavy atom. The van der Waals surface area contributed by atoms with Crippen LogP contribution in [0.3, 0.4) is 0 Å². The monoisotopic (exact) mass is 350 g/mol. The van der Waals surface area contributed by atoms with E-state index in [4.69, 9.17) is 4.74 Å². The molecule has 0 saturated carbocycles. The number of methoxy groups -OCH3 is 1. The summed E-state index contributed by atoms with van der Waals surface area (Å²) in [5.41, 5.74) is 1.68. The van der Waals surface area contributed by atoms with Gasteiger partial charge in [-0.1, -0.05) is 12.8 Å². The van der Waals surface area contributed by atoms with Gasteiger partial charge in [0.15, 0.2) is 0 Å². The van der Waals surface area contributed by atoms with Crippen LogP contribution in [0.4, 0.5) is 5.00 Å². The zero-order valence-electron chi connectivity index (χ0n) is 14.4. The number of amides is 1. The molecular weight excluding hydrogens is 324 g/mol. The van der Waals surface area contributed by atoms with Crippen LogP contribution in [0.2, 0.25) is 0 Å². The third-order valence-electron chi connectivity index (χ3n) is 4.88. The van der Waals surface area contributed by atoms with Crippen LogP contribution >= 0.6 is 11.3 Å². The fraction of sp³-hybridized carbons (Fsp3) is 0.667. The van der Waals surface area contributed by atoms with Crippen molar-refractivity contribution in [3.05, 3.63) is 16.0 Å². The number of carbonyl (C=O) groups excluding carboxylic acids is 2. The number of nitrogens with one attached hydrogen (secondary N) is 1. The molecule has 1 aliphatic carbocycles. The van der Waals surface area contributed by atoms with Crippen molar-refractivity contribution in [3.8, 4) is 0 Å². The third kappa shape index (κ3) is 3.98. The van der Waals surface area contributed by atoms with Crippen LogP contribution in [0.15, 0.2) is 0 Å². The lowest BCUT2D eigenvalue weighted by Crippen LogP contribution is -2.36. The Labute approximate surface area is 147 Å². The van der Waals surface area contributed by atoms with E-state index in [9.17, 15) is 9.59 Å². The molecule has 1 saturated heterocycles. The van der Waals surface area contributed by atoms with Crippen LogP contribution in [0.1, 0.15) is 59.3 Å². The maximum atomic E-state index is 12.4. The van der Waals surface area contributed by atoms with Crippen LogP contribution in [0.25, 0.3) is 0 Å². The highest BCUT2D eigenvalue weighted by atomic mass is 32.1. The molecule has 0 spiro atoms. The van der Waals surface area contributed by atoms with Crippen LogP contribution in [-0.2, 0) is 22.4 Å². The summed E-state index contributed by atoms with van der Waals surface area (Å²) in [7, 11) is 1.41. The van der Waals surface area contributed by atoms with Gasteiger partial charge in [-0.3, -0.25) is 9.69 Å².